The summed E-state index contributed by atoms with van der Waals surface area (Å²) < 4.78 is 26.2. The Hall–Kier alpha value is -4.13. The molecule has 0 radical (unpaired) electrons. The molecule has 1 unspecified atom stereocenters. The molecule has 0 saturated carbocycles. The Labute approximate surface area is 215 Å². The third kappa shape index (κ3) is 4.81. The van der Waals surface area contributed by atoms with Crippen molar-refractivity contribution in [1.29, 1.82) is 0 Å². The van der Waals surface area contributed by atoms with Gasteiger partial charge in [-0.1, -0.05) is 45.0 Å². The minimum atomic E-state index is -1.18. The molecule has 0 bridgehead atoms. The number of benzene rings is 3. The molecule has 192 valence electrons. The molecule has 0 aromatic heterocycles. The highest BCUT2D eigenvalue weighted by molar-refractivity contribution is 6.51. The van der Waals surface area contributed by atoms with Crippen molar-refractivity contribution in [3.05, 3.63) is 94.8 Å². The summed E-state index contributed by atoms with van der Waals surface area (Å²) in [5.41, 5.74) is 1.06. The number of aliphatic hydroxyl groups excluding tert-OH is 1. The van der Waals surface area contributed by atoms with Crippen LogP contribution in [0.2, 0.25) is 0 Å². The van der Waals surface area contributed by atoms with Crippen molar-refractivity contribution in [2.24, 2.45) is 0 Å². The molecule has 3 aromatic rings. The smallest absolute Gasteiger partial charge is 0.300 e. The van der Waals surface area contributed by atoms with E-state index in [1.54, 1.807) is 48.5 Å². The molecule has 4 rings (SSSR count). The number of methoxy groups -OCH3 is 1. The van der Waals surface area contributed by atoms with Gasteiger partial charge in [-0.2, -0.15) is 0 Å². The summed E-state index contributed by atoms with van der Waals surface area (Å²) in [6, 6.07) is 16.4. The summed E-state index contributed by atoms with van der Waals surface area (Å²) in [5.74, 6) is -1.63. The zero-order valence-electron chi connectivity index (χ0n) is 21.5. The number of aliphatic hydroxyl groups is 1. The van der Waals surface area contributed by atoms with Crippen LogP contribution in [-0.4, -0.2) is 30.5 Å². The number of nitrogens with zero attached hydrogens (tertiary/aromatic N) is 1. The normalized spacial score (nSPS) is 17.2. The van der Waals surface area contributed by atoms with Gasteiger partial charge in [0.2, 0.25) is 0 Å². The van der Waals surface area contributed by atoms with Crippen LogP contribution in [0.5, 0.6) is 11.5 Å². The number of anilines is 1. The van der Waals surface area contributed by atoms with E-state index in [2.05, 4.69) is 0 Å². The Morgan fingerprint density at radius 1 is 1.03 bits per heavy atom. The van der Waals surface area contributed by atoms with Crippen LogP contribution in [0.15, 0.2) is 72.3 Å². The first-order valence-corrected chi connectivity index (χ1v) is 12.1. The predicted molar refractivity (Wildman–Crippen MR) is 140 cm³/mol. The Morgan fingerprint density at radius 3 is 2.41 bits per heavy atom. The van der Waals surface area contributed by atoms with Gasteiger partial charge in [-0.15, -0.1) is 0 Å². The predicted octanol–water partition coefficient (Wildman–Crippen LogP) is 6.16. The summed E-state index contributed by atoms with van der Waals surface area (Å²) in [5, 5.41) is 11.5. The van der Waals surface area contributed by atoms with Crippen molar-refractivity contribution in [3.8, 4) is 11.5 Å². The third-order valence-corrected chi connectivity index (χ3v) is 6.34. The molecule has 7 heteroatoms. The highest BCUT2D eigenvalue weighted by Crippen LogP contribution is 2.44. The lowest BCUT2D eigenvalue weighted by Gasteiger charge is -2.26. The van der Waals surface area contributed by atoms with Crippen molar-refractivity contribution < 1.29 is 28.6 Å². The average molecular weight is 504 g/mol. The number of ether oxygens (including phenoxy) is 2. The maximum Gasteiger partial charge on any atom is 0.300 e. The van der Waals surface area contributed by atoms with E-state index >= 15 is 4.39 Å². The van der Waals surface area contributed by atoms with E-state index in [0.29, 0.717) is 29.4 Å². The first-order valence-electron chi connectivity index (χ1n) is 12.1. The van der Waals surface area contributed by atoms with Gasteiger partial charge < -0.3 is 14.6 Å². The number of carbonyl (C=O) groups excluding carboxylic acids is 2. The van der Waals surface area contributed by atoms with Crippen LogP contribution >= 0.6 is 0 Å². The number of hydrogen-bond acceptors (Lipinski definition) is 5. The topological polar surface area (TPSA) is 76.1 Å². The molecule has 1 N–H and O–H groups in total. The minimum Gasteiger partial charge on any atom is -0.507 e. The lowest BCUT2D eigenvalue weighted by molar-refractivity contribution is -0.132. The quantitative estimate of drug-likeness (QED) is 0.248. The van der Waals surface area contributed by atoms with Gasteiger partial charge in [-0.25, -0.2) is 4.39 Å². The van der Waals surface area contributed by atoms with Crippen molar-refractivity contribution in [3.63, 3.8) is 0 Å². The second kappa shape index (κ2) is 10.1. The maximum absolute atomic E-state index is 15.1. The first-order chi connectivity index (χ1) is 17.6. The van der Waals surface area contributed by atoms with E-state index in [1.165, 1.54) is 30.2 Å². The summed E-state index contributed by atoms with van der Waals surface area (Å²) in [7, 11) is 1.49. The van der Waals surface area contributed by atoms with Crippen LogP contribution < -0.4 is 14.4 Å². The third-order valence-electron chi connectivity index (χ3n) is 6.34. The van der Waals surface area contributed by atoms with Crippen molar-refractivity contribution in [2.75, 3.05) is 18.6 Å². The Kier molecular flexibility index (Phi) is 7.07. The van der Waals surface area contributed by atoms with E-state index < -0.39 is 23.5 Å². The average Bonchev–Trinajstić information content (AvgIpc) is 3.13. The zero-order valence-corrected chi connectivity index (χ0v) is 21.5. The molecule has 1 aliphatic rings. The molecule has 1 heterocycles. The van der Waals surface area contributed by atoms with Crippen LogP contribution in [0, 0.1) is 5.82 Å². The number of hydrogen-bond donors (Lipinski definition) is 1. The molecule has 1 fully saturated rings. The summed E-state index contributed by atoms with van der Waals surface area (Å²) in [6.07, 6.45) is 0. The number of ketones is 1. The lowest BCUT2D eigenvalue weighted by Crippen LogP contribution is -2.29. The van der Waals surface area contributed by atoms with Gasteiger partial charge in [0.1, 0.15) is 23.1 Å². The lowest BCUT2D eigenvalue weighted by atomic mass is 9.84. The standard InChI is InChI=1S/C30H30FNO5/c1-6-37-24-15-14-18(16-22(24)30(2,3)4)27(33)25-26(21-12-7-8-13-23(21)31)32(29(35)28(25)34)19-10-9-11-20(17-19)36-5/h7-17,26,33H,6H2,1-5H3/b27-25+. The molecule has 0 aliphatic carbocycles. The molecule has 0 spiro atoms. The van der Waals surface area contributed by atoms with E-state index in [1.807, 2.05) is 27.7 Å². The fourth-order valence-corrected chi connectivity index (χ4v) is 4.55. The number of rotatable bonds is 6. The minimum absolute atomic E-state index is 0.0908. The molecular formula is C30H30FNO5. The van der Waals surface area contributed by atoms with Crippen LogP contribution in [0.1, 0.15) is 50.4 Å². The van der Waals surface area contributed by atoms with E-state index in [4.69, 9.17) is 9.47 Å². The maximum atomic E-state index is 15.1. The van der Waals surface area contributed by atoms with Crippen LogP contribution in [0.3, 0.4) is 0 Å². The fraction of sp³-hybridized carbons (Fsp3) is 0.267. The van der Waals surface area contributed by atoms with Crippen molar-refractivity contribution in [2.45, 2.75) is 39.2 Å². The van der Waals surface area contributed by atoms with Gasteiger partial charge in [-0.3, -0.25) is 14.5 Å². The largest absolute Gasteiger partial charge is 0.507 e. The number of carbonyl (C=O) groups is 2. The Bertz CT molecular complexity index is 1390. The molecule has 1 saturated heterocycles. The zero-order chi connectivity index (χ0) is 26.9. The van der Waals surface area contributed by atoms with Crippen LogP contribution in [-0.2, 0) is 15.0 Å². The Morgan fingerprint density at radius 2 is 1.76 bits per heavy atom. The highest BCUT2D eigenvalue weighted by atomic mass is 19.1. The summed E-state index contributed by atoms with van der Waals surface area (Å²) >= 11 is 0. The molecule has 1 aliphatic heterocycles. The highest BCUT2D eigenvalue weighted by Gasteiger charge is 2.48. The number of amides is 1. The van der Waals surface area contributed by atoms with Crippen LogP contribution in [0.4, 0.5) is 10.1 Å². The van der Waals surface area contributed by atoms with Gasteiger partial charge in [0, 0.05) is 28.4 Å². The van der Waals surface area contributed by atoms with E-state index in [0.717, 1.165) is 5.56 Å². The molecule has 1 amide bonds. The fourth-order valence-electron chi connectivity index (χ4n) is 4.55. The van der Waals surface area contributed by atoms with Crippen LogP contribution in [0.25, 0.3) is 5.76 Å². The molecular weight excluding hydrogens is 473 g/mol. The summed E-state index contributed by atoms with van der Waals surface area (Å²) in [4.78, 5) is 28.0. The van der Waals surface area contributed by atoms with Crippen molar-refractivity contribution >= 4 is 23.1 Å². The van der Waals surface area contributed by atoms with Gasteiger partial charge in [0.15, 0.2) is 0 Å². The van der Waals surface area contributed by atoms with Crippen molar-refractivity contribution in [1.82, 2.24) is 0 Å². The van der Waals surface area contributed by atoms with Gasteiger partial charge in [0.25, 0.3) is 11.7 Å². The SMILES string of the molecule is CCOc1ccc(/C(O)=C2\C(=O)C(=O)N(c3cccc(OC)c3)C2c2ccccc2F)cc1C(C)(C)C. The molecule has 3 aromatic carbocycles. The van der Waals surface area contributed by atoms with Gasteiger partial charge in [-0.05, 0) is 48.7 Å². The van der Waals surface area contributed by atoms with E-state index in [9.17, 15) is 14.7 Å². The molecule has 37 heavy (non-hydrogen) atoms. The second-order valence-corrected chi connectivity index (χ2v) is 9.79. The van der Waals surface area contributed by atoms with Gasteiger partial charge in [0.05, 0.1) is 25.3 Å². The first kappa shape index (κ1) is 25.9. The molecule has 6 nitrogen and oxygen atoms in total. The summed E-state index contributed by atoms with van der Waals surface area (Å²) in [6.45, 7) is 8.38. The molecule has 1 atom stereocenters. The van der Waals surface area contributed by atoms with E-state index in [-0.39, 0.29) is 22.3 Å². The monoisotopic (exact) mass is 503 g/mol. The Balaban J connectivity index is 1.97. The second-order valence-electron chi connectivity index (χ2n) is 9.79. The number of halogens is 1. The van der Waals surface area contributed by atoms with Gasteiger partial charge >= 0.3 is 0 Å². The number of Topliss-reactive ketones (excluding diaryl/α,β-unsaturated/α-hetero) is 1.